The van der Waals surface area contributed by atoms with E-state index in [1.165, 1.54) is 0 Å². The number of rotatable bonds is 9. The van der Waals surface area contributed by atoms with Crippen molar-refractivity contribution in [3.05, 3.63) is 102 Å². The number of aromatic amines is 1. The summed E-state index contributed by atoms with van der Waals surface area (Å²) < 4.78 is 5.42. The number of hydrogen-bond donors (Lipinski definition) is 2. The Bertz CT molecular complexity index is 1250. The number of carboxylic acid groups (broad SMARTS) is 1. The first kappa shape index (κ1) is 22.7. The molecule has 0 unspecified atom stereocenters. The first-order chi connectivity index (χ1) is 16.5. The molecule has 1 heterocycles. The van der Waals surface area contributed by atoms with Gasteiger partial charge in [0.15, 0.2) is 5.82 Å². The molecule has 8 heteroatoms. The average molecular weight is 457 g/mol. The molecule has 2 N–H and O–H groups in total. The highest BCUT2D eigenvalue weighted by molar-refractivity contribution is 5.98. The lowest BCUT2D eigenvalue weighted by Crippen LogP contribution is -2.46. The minimum Gasteiger partial charge on any atom is -0.480 e. The summed E-state index contributed by atoms with van der Waals surface area (Å²) in [5.74, 6) is -1.78. The molecule has 8 nitrogen and oxygen atoms in total. The Hall–Kier alpha value is -4.46. The van der Waals surface area contributed by atoms with Crippen LogP contribution in [0, 0.1) is 0 Å². The number of ketones is 1. The molecular weight excluding hydrogens is 434 g/mol. The standard InChI is InChI=1S/C26H23N3O5/c30-23(24-27-20-13-7-8-14-21(20)28-24)15-22(25(31)32)29(16-18-9-3-1-4-10-18)26(33)34-17-19-11-5-2-6-12-19/h1-14,22H,15-17H2,(H,27,28)(H,31,32)/t22-/m0/s1. The van der Waals surface area contributed by atoms with E-state index in [9.17, 15) is 19.5 Å². The van der Waals surface area contributed by atoms with E-state index in [4.69, 9.17) is 4.74 Å². The number of H-pyrrole nitrogens is 1. The summed E-state index contributed by atoms with van der Waals surface area (Å²) in [6, 6.07) is 23.7. The fourth-order valence-electron chi connectivity index (χ4n) is 3.57. The monoisotopic (exact) mass is 457 g/mol. The zero-order valence-corrected chi connectivity index (χ0v) is 18.3. The summed E-state index contributed by atoms with van der Waals surface area (Å²) in [4.78, 5) is 46.4. The lowest BCUT2D eigenvalue weighted by Gasteiger charge is -2.28. The molecule has 0 fully saturated rings. The van der Waals surface area contributed by atoms with Gasteiger partial charge in [0.2, 0.25) is 5.78 Å². The molecule has 0 saturated heterocycles. The van der Waals surface area contributed by atoms with Gasteiger partial charge in [-0.15, -0.1) is 0 Å². The second-order valence-corrected chi connectivity index (χ2v) is 7.74. The zero-order valence-electron chi connectivity index (χ0n) is 18.3. The number of carbonyl (C=O) groups excluding carboxylic acids is 2. The van der Waals surface area contributed by atoms with Gasteiger partial charge in [0.05, 0.1) is 11.0 Å². The van der Waals surface area contributed by atoms with Crippen molar-refractivity contribution in [3.8, 4) is 0 Å². The molecule has 4 aromatic rings. The molecule has 34 heavy (non-hydrogen) atoms. The number of aliphatic carboxylic acids is 1. The first-order valence-electron chi connectivity index (χ1n) is 10.7. The highest BCUT2D eigenvalue weighted by Gasteiger charge is 2.34. The molecule has 0 saturated carbocycles. The van der Waals surface area contributed by atoms with Crippen LogP contribution in [-0.4, -0.2) is 43.9 Å². The Morgan fingerprint density at radius 1 is 0.882 bits per heavy atom. The van der Waals surface area contributed by atoms with E-state index < -0.39 is 30.3 Å². The van der Waals surface area contributed by atoms with Crippen molar-refractivity contribution in [1.29, 1.82) is 0 Å². The topological polar surface area (TPSA) is 113 Å². The number of nitrogens with zero attached hydrogens (tertiary/aromatic N) is 2. The smallest absolute Gasteiger partial charge is 0.411 e. The third-order valence-electron chi connectivity index (χ3n) is 5.33. The van der Waals surface area contributed by atoms with Crippen molar-refractivity contribution >= 4 is 28.9 Å². The van der Waals surface area contributed by atoms with Gasteiger partial charge in [0.1, 0.15) is 12.6 Å². The number of ether oxygens (including phenoxy) is 1. The third-order valence-corrected chi connectivity index (χ3v) is 5.33. The number of hydrogen-bond acceptors (Lipinski definition) is 5. The molecule has 0 aliphatic rings. The zero-order chi connectivity index (χ0) is 23.9. The molecule has 3 aromatic carbocycles. The van der Waals surface area contributed by atoms with Crippen LogP contribution in [0.4, 0.5) is 4.79 Å². The maximum atomic E-state index is 13.0. The van der Waals surface area contributed by atoms with Crippen molar-refractivity contribution in [2.75, 3.05) is 0 Å². The largest absolute Gasteiger partial charge is 0.480 e. The predicted molar refractivity (Wildman–Crippen MR) is 125 cm³/mol. The number of para-hydroxylation sites is 2. The number of fused-ring (bicyclic) bond motifs is 1. The highest BCUT2D eigenvalue weighted by atomic mass is 16.6. The van der Waals surface area contributed by atoms with Gasteiger partial charge in [0, 0.05) is 13.0 Å². The van der Waals surface area contributed by atoms with Crippen LogP contribution in [0.15, 0.2) is 84.9 Å². The quantitative estimate of drug-likeness (QED) is 0.360. The third kappa shape index (κ3) is 5.47. The van der Waals surface area contributed by atoms with Gasteiger partial charge < -0.3 is 14.8 Å². The van der Waals surface area contributed by atoms with Gasteiger partial charge in [-0.05, 0) is 23.3 Å². The molecule has 0 bridgehead atoms. The van der Waals surface area contributed by atoms with Crippen molar-refractivity contribution in [1.82, 2.24) is 14.9 Å². The van der Waals surface area contributed by atoms with Crippen LogP contribution in [0.25, 0.3) is 11.0 Å². The van der Waals surface area contributed by atoms with Crippen LogP contribution in [0.3, 0.4) is 0 Å². The van der Waals surface area contributed by atoms with Gasteiger partial charge in [-0.1, -0.05) is 72.8 Å². The summed E-state index contributed by atoms with van der Waals surface area (Å²) >= 11 is 0. The minimum absolute atomic E-state index is 0.0190. The summed E-state index contributed by atoms with van der Waals surface area (Å²) in [5.41, 5.74) is 2.74. The summed E-state index contributed by atoms with van der Waals surface area (Å²) in [6.07, 6.45) is -1.28. The second-order valence-electron chi connectivity index (χ2n) is 7.74. The van der Waals surface area contributed by atoms with E-state index in [0.717, 1.165) is 10.5 Å². The van der Waals surface area contributed by atoms with E-state index in [2.05, 4.69) is 9.97 Å². The molecule has 0 aliphatic carbocycles. The van der Waals surface area contributed by atoms with Crippen molar-refractivity contribution in [2.45, 2.75) is 25.6 Å². The van der Waals surface area contributed by atoms with Gasteiger partial charge >= 0.3 is 12.1 Å². The highest BCUT2D eigenvalue weighted by Crippen LogP contribution is 2.18. The van der Waals surface area contributed by atoms with Gasteiger partial charge in [-0.2, -0.15) is 0 Å². The lowest BCUT2D eigenvalue weighted by atomic mass is 10.1. The molecule has 1 amide bonds. The van der Waals surface area contributed by atoms with Crippen LogP contribution >= 0.6 is 0 Å². The second kappa shape index (κ2) is 10.4. The number of imidazole rings is 1. The first-order valence-corrected chi connectivity index (χ1v) is 10.7. The molecule has 4 rings (SSSR count). The lowest BCUT2D eigenvalue weighted by molar-refractivity contribution is -0.143. The van der Waals surface area contributed by atoms with Gasteiger partial charge in [0.25, 0.3) is 0 Å². The maximum absolute atomic E-state index is 13.0. The fraction of sp³-hybridized carbons (Fsp3) is 0.154. The average Bonchev–Trinajstić information content (AvgIpc) is 3.30. The van der Waals surface area contributed by atoms with Gasteiger partial charge in [-0.25, -0.2) is 14.6 Å². The fourth-order valence-corrected chi connectivity index (χ4v) is 3.57. The maximum Gasteiger partial charge on any atom is 0.411 e. The van der Waals surface area contributed by atoms with Crippen LogP contribution in [0.2, 0.25) is 0 Å². The number of nitrogens with one attached hydrogen (secondary N) is 1. The molecule has 1 atom stereocenters. The van der Waals surface area contributed by atoms with Crippen LogP contribution in [0.5, 0.6) is 0 Å². The van der Waals surface area contributed by atoms with Crippen LogP contribution in [0.1, 0.15) is 28.2 Å². The number of Topliss-reactive ketones (excluding diaryl/α,β-unsaturated/α-hetero) is 1. The van der Waals surface area contributed by atoms with E-state index >= 15 is 0 Å². The molecule has 0 radical (unpaired) electrons. The molecule has 0 aliphatic heterocycles. The normalized spacial score (nSPS) is 11.6. The molecule has 172 valence electrons. The molecule has 0 spiro atoms. The Morgan fingerprint density at radius 3 is 2.15 bits per heavy atom. The molecule has 1 aromatic heterocycles. The van der Waals surface area contributed by atoms with E-state index in [1.54, 1.807) is 60.7 Å². The Morgan fingerprint density at radius 2 is 1.50 bits per heavy atom. The number of benzene rings is 3. The van der Waals surface area contributed by atoms with E-state index in [-0.39, 0.29) is 19.0 Å². The van der Waals surface area contributed by atoms with E-state index in [1.807, 2.05) is 24.3 Å². The minimum atomic E-state index is -1.44. The van der Waals surface area contributed by atoms with Gasteiger partial charge in [-0.3, -0.25) is 9.69 Å². The summed E-state index contributed by atoms with van der Waals surface area (Å²) in [5, 5.41) is 9.96. The Labute approximate surface area is 195 Å². The van der Waals surface area contributed by atoms with Crippen LogP contribution < -0.4 is 0 Å². The van der Waals surface area contributed by atoms with Crippen LogP contribution in [-0.2, 0) is 22.7 Å². The number of amides is 1. The van der Waals surface area contributed by atoms with E-state index in [0.29, 0.717) is 16.6 Å². The Balaban J connectivity index is 1.57. The van der Waals surface area contributed by atoms with Crippen molar-refractivity contribution < 1.29 is 24.2 Å². The Kier molecular flexibility index (Phi) is 6.98. The number of carboxylic acids is 1. The SMILES string of the molecule is O=C(C[C@@H](C(=O)O)N(Cc1ccccc1)C(=O)OCc1ccccc1)c1nc2ccccc2[nH]1. The van der Waals surface area contributed by atoms with Crippen molar-refractivity contribution in [3.63, 3.8) is 0 Å². The number of carbonyl (C=O) groups is 3. The van der Waals surface area contributed by atoms with Crippen molar-refractivity contribution in [2.24, 2.45) is 0 Å². The number of aromatic nitrogens is 2. The molecular formula is C26H23N3O5. The summed E-state index contributed by atoms with van der Waals surface area (Å²) in [6.45, 7) is -0.0480. The summed E-state index contributed by atoms with van der Waals surface area (Å²) in [7, 11) is 0. The predicted octanol–water partition coefficient (Wildman–Crippen LogP) is 4.43.